The van der Waals surface area contributed by atoms with E-state index in [-0.39, 0.29) is 22.4 Å². The van der Waals surface area contributed by atoms with Crippen LogP contribution in [0.4, 0.5) is 11.4 Å². The maximum atomic E-state index is 13.3. The van der Waals surface area contributed by atoms with Gasteiger partial charge in [0, 0.05) is 20.6 Å². The number of nitrogens with one attached hydrogen (secondary N) is 3. The summed E-state index contributed by atoms with van der Waals surface area (Å²) in [6.07, 6.45) is 1.60. The van der Waals surface area contributed by atoms with Crippen molar-refractivity contribution in [1.29, 1.82) is 0 Å². The number of amides is 3. The molecule has 3 N–H and O–H groups in total. The number of hydrogen-bond acceptors (Lipinski definition) is 4. The maximum absolute atomic E-state index is 13.3. The highest BCUT2D eigenvalue weighted by Gasteiger charge is 2.16. The van der Waals surface area contributed by atoms with Crippen LogP contribution in [0.3, 0.4) is 0 Å². The van der Waals surface area contributed by atoms with E-state index < -0.39 is 11.8 Å². The van der Waals surface area contributed by atoms with Gasteiger partial charge < -0.3 is 16.0 Å². The Morgan fingerprint density at radius 1 is 0.825 bits per heavy atom. The van der Waals surface area contributed by atoms with E-state index in [2.05, 4.69) is 31.9 Å². The molecule has 0 atom stereocenters. The fraction of sp³-hybridized carbons (Fsp3) is 0.0333. The van der Waals surface area contributed by atoms with Gasteiger partial charge in [-0.2, -0.15) is 0 Å². The van der Waals surface area contributed by atoms with E-state index in [9.17, 15) is 14.4 Å². The number of rotatable bonds is 9. The van der Waals surface area contributed by atoms with E-state index in [0.717, 1.165) is 14.9 Å². The lowest BCUT2D eigenvalue weighted by Crippen LogP contribution is -2.30. The van der Waals surface area contributed by atoms with E-state index >= 15 is 0 Å². The summed E-state index contributed by atoms with van der Waals surface area (Å²) in [5, 5.41) is 8.93. The van der Waals surface area contributed by atoms with Gasteiger partial charge in [0.2, 0.25) is 5.91 Å². The minimum atomic E-state index is -0.498. The van der Waals surface area contributed by atoms with Gasteiger partial charge in [-0.25, -0.2) is 0 Å². The minimum absolute atomic E-state index is 0.0759. The van der Waals surface area contributed by atoms with Gasteiger partial charge >= 0.3 is 0 Å². The molecule has 4 rings (SSSR count). The van der Waals surface area contributed by atoms with Gasteiger partial charge in [-0.3, -0.25) is 14.4 Å². The number of halogens is 3. The quantitative estimate of drug-likeness (QED) is 0.127. The summed E-state index contributed by atoms with van der Waals surface area (Å²) in [5.74, 6) is -1.05. The van der Waals surface area contributed by atoms with Crippen molar-refractivity contribution in [2.75, 3.05) is 16.4 Å². The zero-order chi connectivity index (χ0) is 28.5. The Hall–Kier alpha value is -3.56. The molecule has 40 heavy (non-hydrogen) atoms. The molecule has 0 radical (unpaired) electrons. The van der Waals surface area contributed by atoms with Gasteiger partial charge in [0.1, 0.15) is 5.70 Å². The van der Waals surface area contributed by atoms with Crippen LogP contribution in [-0.4, -0.2) is 23.5 Å². The number of anilines is 2. The number of hydrogen-bond donors (Lipinski definition) is 3. The molecule has 0 aliphatic heterocycles. The van der Waals surface area contributed by atoms with Gasteiger partial charge in [0.15, 0.2) is 0 Å². The highest BCUT2D eigenvalue weighted by Crippen LogP contribution is 2.30. The SMILES string of the molecule is O=C(CSc1cccc(NC(=O)/C(=C\c2ccc(Br)cc2)NC(=O)c2ccccc2)c1)Nc1cccc(Cl)c1Cl. The lowest BCUT2D eigenvalue weighted by molar-refractivity contribution is -0.114. The molecule has 10 heteroatoms. The first-order valence-electron chi connectivity index (χ1n) is 11.9. The standard InChI is InChI=1S/C30H22BrCl2N3O3S/c31-21-14-12-19(13-15-21)16-26(36-29(38)20-6-2-1-3-7-20)30(39)34-22-8-4-9-23(17-22)40-18-27(37)35-25-11-5-10-24(32)28(25)33/h1-17H,18H2,(H,34,39)(H,35,37)(H,36,38)/b26-16+. The molecule has 0 aliphatic carbocycles. The van der Waals surface area contributed by atoms with Gasteiger partial charge in [-0.15, -0.1) is 11.8 Å². The normalized spacial score (nSPS) is 11.0. The average Bonchev–Trinajstić information content (AvgIpc) is 2.96. The average molecular weight is 655 g/mol. The van der Waals surface area contributed by atoms with E-state index in [1.807, 2.05) is 36.4 Å². The van der Waals surface area contributed by atoms with Gasteiger partial charge in [-0.05, 0) is 66.2 Å². The predicted octanol–water partition coefficient (Wildman–Crippen LogP) is 7.90. The summed E-state index contributed by atoms with van der Waals surface area (Å²) >= 11 is 16.8. The van der Waals surface area contributed by atoms with Gasteiger partial charge in [0.05, 0.1) is 21.5 Å². The fourth-order valence-corrected chi connectivity index (χ4v) is 4.83. The van der Waals surface area contributed by atoms with E-state index in [4.69, 9.17) is 23.2 Å². The van der Waals surface area contributed by atoms with Crippen LogP contribution in [0.1, 0.15) is 15.9 Å². The molecule has 6 nitrogen and oxygen atoms in total. The summed E-state index contributed by atoms with van der Waals surface area (Å²) in [5.41, 5.74) is 2.17. The molecular formula is C30H22BrCl2N3O3S. The molecule has 0 bridgehead atoms. The van der Waals surface area contributed by atoms with Crippen molar-refractivity contribution in [2.24, 2.45) is 0 Å². The molecule has 0 heterocycles. The summed E-state index contributed by atoms with van der Waals surface area (Å²) in [7, 11) is 0. The first-order chi connectivity index (χ1) is 19.3. The third-order valence-electron chi connectivity index (χ3n) is 5.40. The van der Waals surface area contributed by atoms with Crippen LogP contribution in [0.5, 0.6) is 0 Å². The second kappa shape index (κ2) is 14.2. The van der Waals surface area contributed by atoms with Crippen molar-refractivity contribution in [2.45, 2.75) is 4.90 Å². The van der Waals surface area contributed by atoms with Crippen molar-refractivity contribution in [1.82, 2.24) is 5.32 Å². The Kier molecular flexibility index (Phi) is 10.4. The molecule has 0 aliphatic rings. The summed E-state index contributed by atoms with van der Waals surface area (Å²) in [6, 6.07) is 28.1. The van der Waals surface area contributed by atoms with Crippen LogP contribution in [0.25, 0.3) is 6.08 Å². The van der Waals surface area contributed by atoms with Gasteiger partial charge in [0.25, 0.3) is 11.8 Å². The first-order valence-corrected chi connectivity index (χ1v) is 14.4. The maximum Gasteiger partial charge on any atom is 0.272 e. The van der Waals surface area contributed by atoms with Crippen LogP contribution in [-0.2, 0) is 9.59 Å². The Morgan fingerprint density at radius 2 is 1.55 bits per heavy atom. The first kappa shape index (κ1) is 29.4. The Balaban J connectivity index is 1.45. The Morgan fingerprint density at radius 3 is 2.30 bits per heavy atom. The minimum Gasteiger partial charge on any atom is -0.324 e. The van der Waals surface area contributed by atoms with Crippen molar-refractivity contribution in [3.63, 3.8) is 0 Å². The Bertz CT molecular complexity index is 1560. The molecular weight excluding hydrogens is 633 g/mol. The van der Waals surface area contributed by atoms with E-state index in [1.54, 1.807) is 66.7 Å². The monoisotopic (exact) mass is 653 g/mol. The van der Waals surface area contributed by atoms with Crippen LogP contribution in [0.2, 0.25) is 10.0 Å². The molecule has 0 spiro atoms. The zero-order valence-electron chi connectivity index (χ0n) is 20.8. The van der Waals surface area contributed by atoms with Crippen molar-refractivity contribution in [3.8, 4) is 0 Å². The van der Waals surface area contributed by atoms with Crippen LogP contribution >= 0.6 is 50.9 Å². The molecule has 0 aromatic heterocycles. The Labute approximate surface area is 254 Å². The number of benzene rings is 4. The molecule has 0 saturated carbocycles. The van der Waals surface area contributed by atoms with Crippen LogP contribution in [0, 0.1) is 0 Å². The summed E-state index contributed by atoms with van der Waals surface area (Å²) < 4.78 is 0.891. The van der Waals surface area contributed by atoms with E-state index in [0.29, 0.717) is 22.0 Å². The molecule has 4 aromatic rings. The van der Waals surface area contributed by atoms with Gasteiger partial charge in [-0.1, -0.05) is 81.6 Å². The van der Waals surface area contributed by atoms with Crippen molar-refractivity contribution < 1.29 is 14.4 Å². The van der Waals surface area contributed by atoms with Crippen molar-refractivity contribution in [3.05, 3.63) is 128 Å². The molecule has 0 fully saturated rings. The predicted molar refractivity (Wildman–Crippen MR) is 167 cm³/mol. The van der Waals surface area contributed by atoms with E-state index in [1.165, 1.54) is 11.8 Å². The molecule has 0 saturated heterocycles. The summed E-state index contributed by atoms with van der Waals surface area (Å²) in [4.78, 5) is 39.3. The summed E-state index contributed by atoms with van der Waals surface area (Å²) in [6.45, 7) is 0. The highest BCUT2D eigenvalue weighted by molar-refractivity contribution is 9.10. The third kappa shape index (κ3) is 8.47. The second-order valence-electron chi connectivity index (χ2n) is 8.35. The zero-order valence-corrected chi connectivity index (χ0v) is 24.7. The smallest absolute Gasteiger partial charge is 0.272 e. The molecule has 3 amide bonds. The number of carbonyl (C=O) groups is 3. The molecule has 4 aromatic carbocycles. The number of thioether (sulfide) groups is 1. The molecule has 0 unspecified atom stereocenters. The second-order valence-corrected chi connectivity index (χ2v) is 11.1. The lowest BCUT2D eigenvalue weighted by Gasteiger charge is -2.12. The fourth-order valence-electron chi connectivity index (χ4n) is 3.47. The number of carbonyl (C=O) groups excluding carboxylic acids is 3. The molecule has 202 valence electrons. The largest absolute Gasteiger partial charge is 0.324 e. The van der Waals surface area contributed by atoms with Crippen LogP contribution in [0.15, 0.2) is 112 Å². The third-order valence-corrected chi connectivity index (χ3v) is 7.74. The topological polar surface area (TPSA) is 87.3 Å². The van der Waals surface area contributed by atoms with Crippen LogP contribution < -0.4 is 16.0 Å². The lowest BCUT2D eigenvalue weighted by atomic mass is 10.1. The van der Waals surface area contributed by atoms with Crippen molar-refractivity contribution >= 4 is 86.1 Å². The highest BCUT2D eigenvalue weighted by atomic mass is 79.9.